The second kappa shape index (κ2) is 5.78. The quantitative estimate of drug-likeness (QED) is 0.841. The Kier molecular flexibility index (Phi) is 5.06. The van der Waals surface area contributed by atoms with E-state index in [4.69, 9.17) is 0 Å². The van der Waals surface area contributed by atoms with Crippen molar-refractivity contribution in [2.24, 2.45) is 11.3 Å². The molecule has 108 valence electrons. The van der Waals surface area contributed by atoms with Gasteiger partial charge in [-0.05, 0) is 31.2 Å². The number of hydrogen-bond acceptors (Lipinski definition) is 2. The van der Waals surface area contributed by atoms with Crippen LogP contribution < -0.4 is 5.32 Å². The topological polar surface area (TPSA) is 15.3 Å². The van der Waals surface area contributed by atoms with Crippen LogP contribution in [0.1, 0.15) is 34.1 Å². The first kappa shape index (κ1) is 15.8. The molecule has 0 saturated carbocycles. The molecule has 0 aromatic heterocycles. The molecule has 2 nitrogen and oxygen atoms in total. The second-order valence-corrected chi connectivity index (χ2v) is 6.44. The molecular formula is C13H25F3N2. The molecule has 1 aliphatic heterocycles. The number of nitrogens with one attached hydrogen (secondary N) is 1. The van der Waals surface area contributed by atoms with Crippen LogP contribution in [-0.2, 0) is 0 Å². The summed E-state index contributed by atoms with van der Waals surface area (Å²) in [4.78, 5) is 2.29. The SMILES string of the molecule is CC(CNCC(F)(F)F)N1CCC(C(C)(C)C)C1. The first-order chi connectivity index (χ1) is 8.09. The third-order valence-electron chi connectivity index (χ3n) is 3.83. The fourth-order valence-electron chi connectivity index (χ4n) is 2.45. The zero-order valence-corrected chi connectivity index (χ0v) is 11.8. The third-order valence-corrected chi connectivity index (χ3v) is 3.83. The highest BCUT2D eigenvalue weighted by molar-refractivity contribution is 4.86. The summed E-state index contributed by atoms with van der Waals surface area (Å²) in [6.07, 6.45) is -2.97. The van der Waals surface area contributed by atoms with E-state index >= 15 is 0 Å². The molecular weight excluding hydrogens is 241 g/mol. The van der Waals surface area contributed by atoms with Crippen LogP contribution in [0.4, 0.5) is 13.2 Å². The van der Waals surface area contributed by atoms with E-state index in [1.807, 2.05) is 6.92 Å². The van der Waals surface area contributed by atoms with E-state index in [1.54, 1.807) is 0 Å². The number of halogens is 3. The monoisotopic (exact) mass is 266 g/mol. The van der Waals surface area contributed by atoms with E-state index in [9.17, 15) is 13.2 Å². The van der Waals surface area contributed by atoms with Gasteiger partial charge >= 0.3 is 6.18 Å². The van der Waals surface area contributed by atoms with E-state index in [0.717, 1.165) is 19.5 Å². The molecule has 0 aliphatic carbocycles. The van der Waals surface area contributed by atoms with E-state index in [-0.39, 0.29) is 11.5 Å². The van der Waals surface area contributed by atoms with Gasteiger partial charge in [-0.25, -0.2) is 0 Å². The van der Waals surface area contributed by atoms with Crippen LogP contribution in [0.5, 0.6) is 0 Å². The highest BCUT2D eigenvalue weighted by atomic mass is 19.4. The average molecular weight is 266 g/mol. The molecule has 0 aromatic carbocycles. The highest BCUT2D eigenvalue weighted by Gasteiger charge is 2.33. The van der Waals surface area contributed by atoms with Crippen molar-refractivity contribution in [3.8, 4) is 0 Å². The van der Waals surface area contributed by atoms with Crippen molar-refractivity contribution >= 4 is 0 Å². The lowest BCUT2D eigenvalue weighted by molar-refractivity contribution is -0.125. The van der Waals surface area contributed by atoms with Gasteiger partial charge in [-0.15, -0.1) is 0 Å². The molecule has 2 atom stereocenters. The summed E-state index contributed by atoms with van der Waals surface area (Å²) in [5.41, 5.74) is 0.286. The summed E-state index contributed by atoms with van der Waals surface area (Å²) >= 11 is 0. The van der Waals surface area contributed by atoms with Crippen molar-refractivity contribution in [1.82, 2.24) is 10.2 Å². The molecule has 0 amide bonds. The maximum absolute atomic E-state index is 12.0. The Labute approximate surface area is 108 Å². The van der Waals surface area contributed by atoms with Crippen molar-refractivity contribution in [2.75, 3.05) is 26.2 Å². The van der Waals surface area contributed by atoms with E-state index < -0.39 is 12.7 Å². The van der Waals surface area contributed by atoms with Gasteiger partial charge in [0.2, 0.25) is 0 Å². The molecule has 0 radical (unpaired) electrons. The summed E-state index contributed by atoms with van der Waals surface area (Å²) in [5, 5.41) is 2.49. The third kappa shape index (κ3) is 5.14. The number of rotatable bonds is 4. The van der Waals surface area contributed by atoms with Gasteiger partial charge in [0.05, 0.1) is 6.54 Å². The van der Waals surface area contributed by atoms with Crippen LogP contribution in [0.3, 0.4) is 0 Å². The van der Waals surface area contributed by atoms with Crippen LogP contribution in [0, 0.1) is 11.3 Å². The fourth-order valence-corrected chi connectivity index (χ4v) is 2.45. The molecule has 5 heteroatoms. The second-order valence-electron chi connectivity index (χ2n) is 6.44. The van der Waals surface area contributed by atoms with Crippen LogP contribution in [-0.4, -0.2) is 43.3 Å². The Morgan fingerprint density at radius 1 is 1.28 bits per heavy atom. The van der Waals surface area contributed by atoms with Crippen molar-refractivity contribution in [2.45, 2.75) is 46.3 Å². The van der Waals surface area contributed by atoms with E-state index in [0.29, 0.717) is 12.5 Å². The Hall–Kier alpha value is -0.290. The van der Waals surface area contributed by atoms with Crippen LogP contribution >= 0.6 is 0 Å². The smallest absolute Gasteiger partial charge is 0.307 e. The molecule has 1 heterocycles. The van der Waals surface area contributed by atoms with Gasteiger partial charge in [-0.2, -0.15) is 13.2 Å². The number of likely N-dealkylation sites (tertiary alicyclic amines) is 1. The first-order valence-corrected chi connectivity index (χ1v) is 6.61. The minimum absolute atomic E-state index is 0.166. The molecule has 18 heavy (non-hydrogen) atoms. The van der Waals surface area contributed by atoms with Gasteiger partial charge in [0.1, 0.15) is 0 Å². The van der Waals surface area contributed by atoms with Gasteiger partial charge in [0.15, 0.2) is 0 Å². The molecule has 1 aliphatic rings. The van der Waals surface area contributed by atoms with Crippen molar-refractivity contribution < 1.29 is 13.2 Å². The number of nitrogens with zero attached hydrogens (tertiary/aromatic N) is 1. The van der Waals surface area contributed by atoms with Gasteiger partial charge < -0.3 is 5.32 Å². The Morgan fingerprint density at radius 3 is 2.33 bits per heavy atom. The molecule has 0 bridgehead atoms. The predicted molar refractivity (Wildman–Crippen MR) is 67.5 cm³/mol. The highest BCUT2D eigenvalue weighted by Crippen LogP contribution is 2.34. The molecule has 1 saturated heterocycles. The minimum atomic E-state index is -4.11. The lowest BCUT2D eigenvalue weighted by Gasteiger charge is -2.29. The van der Waals surface area contributed by atoms with Crippen LogP contribution in [0.15, 0.2) is 0 Å². The Balaban J connectivity index is 2.30. The van der Waals surface area contributed by atoms with Gasteiger partial charge in [0.25, 0.3) is 0 Å². The Morgan fingerprint density at radius 2 is 1.89 bits per heavy atom. The molecule has 1 N–H and O–H groups in total. The molecule has 2 unspecified atom stereocenters. The number of hydrogen-bond donors (Lipinski definition) is 1. The lowest BCUT2D eigenvalue weighted by Crippen LogP contribution is -2.42. The standard InChI is InChI=1S/C13H25F3N2/c1-10(7-17-9-13(14,15)16)18-6-5-11(8-18)12(2,3)4/h10-11,17H,5-9H2,1-4H3. The van der Waals surface area contributed by atoms with E-state index in [2.05, 4.69) is 31.0 Å². The van der Waals surface area contributed by atoms with Gasteiger partial charge in [-0.3, -0.25) is 4.90 Å². The predicted octanol–water partition coefficient (Wildman–Crippen LogP) is 2.89. The molecule has 0 aromatic rings. The van der Waals surface area contributed by atoms with Crippen LogP contribution in [0.2, 0.25) is 0 Å². The molecule has 1 fully saturated rings. The average Bonchev–Trinajstić information content (AvgIpc) is 2.62. The fraction of sp³-hybridized carbons (Fsp3) is 1.00. The normalized spacial score (nSPS) is 24.5. The Bertz CT molecular complexity index is 258. The van der Waals surface area contributed by atoms with Gasteiger partial charge in [0, 0.05) is 19.1 Å². The summed E-state index contributed by atoms with van der Waals surface area (Å²) in [6.45, 7) is 10.2. The lowest BCUT2D eigenvalue weighted by atomic mass is 9.80. The van der Waals surface area contributed by atoms with Crippen molar-refractivity contribution in [3.05, 3.63) is 0 Å². The summed E-state index contributed by atoms with van der Waals surface area (Å²) < 4.78 is 36.1. The van der Waals surface area contributed by atoms with Gasteiger partial charge in [-0.1, -0.05) is 20.8 Å². The minimum Gasteiger partial charge on any atom is -0.307 e. The zero-order chi connectivity index (χ0) is 14.0. The zero-order valence-electron chi connectivity index (χ0n) is 11.8. The van der Waals surface area contributed by atoms with Crippen LogP contribution in [0.25, 0.3) is 0 Å². The number of alkyl halides is 3. The maximum atomic E-state index is 12.0. The van der Waals surface area contributed by atoms with E-state index in [1.165, 1.54) is 0 Å². The van der Waals surface area contributed by atoms with Crippen molar-refractivity contribution in [3.63, 3.8) is 0 Å². The summed E-state index contributed by atoms with van der Waals surface area (Å²) in [7, 11) is 0. The largest absolute Gasteiger partial charge is 0.401 e. The molecule has 0 spiro atoms. The first-order valence-electron chi connectivity index (χ1n) is 6.61. The molecule has 1 rings (SSSR count). The summed E-state index contributed by atoms with van der Waals surface area (Å²) in [5.74, 6) is 0.641. The maximum Gasteiger partial charge on any atom is 0.401 e. The van der Waals surface area contributed by atoms with Crippen molar-refractivity contribution in [1.29, 1.82) is 0 Å². The summed E-state index contributed by atoms with van der Waals surface area (Å²) in [6, 6.07) is 0.166.